The fourth-order valence-electron chi connectivity index (χ4n) is 2.61. The molecule has 0 aromatic heterocycles. The Bertz CT molecular complexity index is 582. The molecule has 1 fully saturated rings. The Labute approximate surface area is 139 Å². The van der Waals surface area contributed by atoms with E-state index in [2.05, 4.69) is 17.6 Å². The molecule has 0 spiro atoms. The SMILES string of the molecule is C[C@H]1CCCC[C@H]1NC(=O)NC(=O)COc1ccc(F)c(Cl)c1. The van der Waals surface area contributed by atoms with Crippen molar-refractivity contribution in [3.8, 4) is 5.75 Å². The summed E-state index contributed by atoms with van der Waals surface area (Å²) in [5, 5.41) is 4.95. The summed E-state index contributed by atoms with van der Waals surface area (Å²) in [5.41, 5.74) is 0. The largest absolute Gasteiger partial charge is 0.484 e. The average molecular weight is 343 g/mol. The molecular formula is C16H20ClFN2O3. The lowest BCUT2D eigenvalue weighted by Gasteiger charge is -2.29. The number of amides is 3. The molecule has 23 heavy (non-hydrogen) atoms. The number of hydrogen-bond acceptors (Lipinski definition) is 3. The molecule has 0 aliphatic heterocycles. The predicted molar refractivity (Wildman–Crippen MR) is 85.0 cm³/mol. The van der Waals surface area contributed by atoms with Crippen molar-refractivity contribution >= 4 is 23.5 Å². The number of imide groups is 1. The summed E-state index contributed by atoms with van der Waals surface area (Å²) in [6.45, 7) is 1.74. The molecular weight excluding hydrogens is 323 g/mol. The van der Waals surface area contributed by atoms with Gasteiger partial charge in [-0.1, -0.05) is 31.4 Å². The second-order valence-electron chi connectivity index (χ2n) is 5.75. The van der Waals surface area contributed by atoms with Crippen LogP contribution in [0.1, 0.15) is 32.6 Å². The van der Waals surface area contributed by atoms with Crippen LogP contribution in [0.3, 0.4) is 0 Å². The van der Waals surface area contributed by atoms with Crippen molar-refractivity contribution in [2.75, 3.05) is 6.61 Å². The van der Waals surface area contributed by atoms with Crippen LogP contribution in [0.2, 0.25) is 5.02 Å². The van der Waals surface area contributed by atoms with Gasteiger partial charge in [0.15, 0.2) is 6.61 Å². The summed E-state index contributed by atoms with van der Waals surface area (Å²) in [4.78, 5) is 23.5. The van der Waals surface area contributed by atoms with E-state index in [0.717, 1.165) is 25.3 Å². The quantitative estimate of drug-likeness (QED) is 0.882. The van der Waals surface area contributed by atoms with Crippen LogP contribution in [0.25, 0.3) is 0 Å². The zero-order valence-electron chi connectivity index (χ0n) is 12.9. The molecule has 1 aliphatic rings. The molecule has 0 bridgehead atoms. The zero-order valence-corrected chi connectivity index (χ0v) is 13.7. The molecule has 7 heteroatoms. The minimum Gasteiger partial charge on any atom is -0.484 e. The number of rotatable bonds is 4. The van der Waals surface area contributed by atoms with Crippen LogP contribution in [0, 0.1) is 11.7 Å². The highest BCUT2D eigenvalue weighted by Crippen LogP contribution is 2.23. The van der Waals surface area contributed by atoms with Crippen LogP contribution in [-0.2, 0) is 4.79 Å². The van der Waals surface area contributed by atoms with E-state index in [9.17, 15) is 14.0 Å². The summed E-state index contributed by atoms with van der Waals surface area (Å²) in [6.07, 6.45) is 4.26. The molecule has 1 aliphatic carbocycles. The third kappa shape index (κ3) is 5.39. The highest BCUT2D eigenvalue weighted by atomic mass is 35.5. The second-order valence-corrected chi connectivity index (χ2v) is 6.16. The number of benzene rings is 1. The van der Waals surface area contributed by atoms with E-state index in [1.807, 2.05) is 0 Å². The molecule has 0 heterocycles. The van der Waals surface area contributed by atoms with Crippen molar-refractivity contribution in [2.45, 2.75) is 38.6 Å². The summed E-state index contributed by atoms with van der Waals surface area (Å²) in [5.74, 6) is -0.481. The highest BCUT2D eigenvalue weighted by Gasteiger charge is 2.23. The standard InChI is InChI=1S/C16H20ClFN2O3/c1-10-4-2-3-5-14(10)19-16(22)20-15(21)9-23-11-6-7-13(18)12(17)8-11/h6-8,10,14H,2-5,9H2,1H3,(H2,19,20,21,22)/t10-,14+/m0/s1. The fourth-order valence-corrected chi connectivity index (χ4v) is 2.78. The van der Waals surface area contributed by atoms with E-state index < -0.39 is 17.8 Å². The summed E-state index contributed by atoms with van der Waals surface area (Å²) >= 11 is 5.62. The fraction of sp³-hybridized carbons (Fsp3) is 0.500. The van der Waals surface area contributed by atoms with Crippen molar-refractivity contribution < 1.29 is 18.7 Å². The first-order valence-corrected chi connectivity index (χ1v) is 8.01. The summed E-state index contributed by atoms with van der Waals surface area (Å²) < 4.78 is 18.2. The van der Waals surface area contributed by atoms with Gasteiger partial charge in [0.05, 0.1) is 5.02 Å². The van der Waals surface area contributed by atoms with Crippen molar-refractivity contribution in [3.63, 3.8) is 0 Å². The van der Waals surface area contributed by atoms with Gasteiger partial charge < -0.3 is 10.1 Å². The number of halogens is 2. The monoisotopic (exact) mass is 342 g/mol. The van der Waals surface area contributed by atoms with Crippen LogP contribution in [0.5, 0.6) is 5.75 Å². The van der Waals surface area contributed by atoms with Gasteiger partial charge in [0.1, 0.15) is 11.6 Å². The van der Waals surface area contributed by atoms with Gasteiger partial charge in [-0.05, 0) is 30.9 Å². The molecule has 2 atom stereocenters. The normalized spacial score (nSPS) is 20.7. The summed E-state index contributed by atoms with van der Waals surface area (Å²) in [6, 6.07) is 3.35. The summed E-state index contributed by atoms with van der Waals surface area (Å²) in [7, 11) is 0. The maximum atomic E-state index is 13.0. The number of ether oxygens (including phenoxy) is 1. The third-order valence-electron chi connectivity index (χ3n) is 3.94. The van der Waals surface area contributed by atoms with Gasteiger partial charge in [-0.3, -0.25) is 10.1 Å². The van der Waals surface area contributed by atoms with Gasteiger partial charge in [0, 0.05) is 12.1 Å². The molecule has 1 saturated carbocycles. The molecule has 126 valence electrons. The first kappa shape index (κ1) is 17.5. The molecule has 5 nitrogen and oxygen atoms in total. The Kier molecular flexibility index (Phi) is 6.21. The van der Waals surface area contributed by atoms with Crippen LogP contribution in [0.15, 0.2) is 18.2 Å². The molecule has 1 aromatic rings. The minimum atomic E-state index is -0.577. The van der Waals surface area contributed by atoms with E-state index >= 15 is 0 Å². The second kappa shape index (κ2) is 8.15. The Morgan fingerprint density at radius 1 is 1.35 bits per heavy atom. The van der Waals surface area contributed by atoms with Crippen LogP contribution in [-0.4, -0.2) is 24.6 Å². The van der Waals surface area contributed by atoms with Crippen LogP contribution < -0.4 is 15.4 Å². The topological polar surface area (TPSA) is 67.4 Å². The first-order chi connectivity index (χ1) is 11.0. The molecule has 1 aromatic carbocycles. The Morgan fingerprint density at radius 2 is 2.09 bits per heavy atom. The van der Waals surface area contributed by atoms with Crippen molar-refractivity contribution in [2.24, 2.45) is 5.92 Å². The third-order valence-corrected chi connectivity index (χ3v) is 4.23. The lowest BCUT2D eigenvalue weighted by Crippen LogP contribution is -2.48. The van der Waals surface area contributed by atoms with Crippen molar-refractivity contribution in [1.29, 1.82) is 0 Å². The average Bonchev–Trinajstić information content (AvgIpc) is 2.51. The molecule has 0 radical (unpaired) electrons. The molecule has 2 rings (SSSR count). The van der Waals surface area contributed by atoms with Gasteiger partial charge in [-0.2, -0.15) is 0 Å². The van der Waals surface area contributed by atoms with Gasteiger partial charge in [0.25, 0.3) is 5.91 Å². The smallest absolute Gasteiger partial charge is 0.321 e. The predicted octanol–water partition coefficient (Wildman–Crippen LogP) is 3.26. The van der Waals surface area contributed by atoms with E-state index in [4.69, 9.17) is 16.3 Å². The van der Waals surface area contributed by atoms with E-state index in [1.54, 1.807) is 0 Å². The van der Waals surface area contributed by atoms with Gasteiger partial charge in [-0.25, -0.2) is 9.18 Å². The zero-order chi connectivity index (χ0) is 16.8. The van der Waals surface area contributed by atoms with Crippen LogP contribution >= 0.6 is 11.6 Å². The van der Waals surface area contributed by atoms with Crippen molar-refractivity contribution in [3.05, 3.63) is 29.0 Å². The molecule has 0 unspecified atom stereocenters. The molecule has 2 N–H and O–H groups in total. The minimum absolute atomic E-state index is 0.0908. The Hall–Kier alpha value is -1.82. The molecule has 0 saturated heterocycles. The maximum Gasteiger partial charge on any atom is 0.321 e. The van der Waals surface area contributed by atoms with Gasteiger partial charge in [-0.15, -0.1) is 0 Å². The lowest BCUT2D eigenvalue weighted by atomic mass is 9.86. The Balaban J connectivity index is 1.75. The maximum absolute atomic E-state index is 13.0. The first-order valence-electron chi connectivity index (χ1n) is 7.64. The lowest BCUT2D eigenvalue weighted by molar-refractivity contribution is -0.122. The number of nitrogens with one attached hydrogen (secondary N) is 2. The molecule has 3 amide bonds. The van der Waals surface area contributed by atoms with Crippen LogP contribution in [0.4, 0.5) is 9.18 Å². The van der Waals surface area contributed by atoms with E-state index in [1.165, 1.54) is 18.6 Å². The van der Waals surface area contributed by atoms with E-state index in [-0.39, 0.29) is 23.4 Å². The Morgan fingerprint density at radius 3 is 2.78 bits per heavy atom. The van der Waals surface area contributed by atoms with E-state index in [0.29, 0.717) is 5.92 Å². The number of carbonyl (C=O) groups excluding carboxylic acids is 2. The van der Waals surface area contributed by atoms with Crippen molar-refractivity contribution in [1.82, 2.24) is 10.6 Å². The number of urea groups is 1. The number of carbonyl (C=O) groups is 2. The van der Waals surface area contributed by atoms with Gasteiger partial charge in [0.2, 0.25) is 0 Å². The van der Waals surface area contributed by atoms with Gasteiger partial charge >= 0.3 is 6.03 Å². The number of hydrogen-bond donors (Lipinski definition) is 2. The highest BCUT2D eigenvalue weighted by molar-refractivity contribution is 6.30.